The highest BCUT2D eigenvalue weighted by Crippen LogP contribution is 2.50. The molecule has 6 nitrogen and oxygen atoms in total. The molecule has 3 aromatic rings. The second-order valence-corrected chi connectivity index (χ2v) is 17.6. The molecule has 0 radical (unpaired) electrons. The molecule has 0 spiro atoms. The molecule has 1 aliphatic rings. The minimum atomic E-state index is -2.22. The zero-order chi connectivity index (χ0) is 31.4. The zero-order valence-corrected chi connectivity index (χ0v) is 26.8. The van der Waals surface area contributed by atoms with Crippen LogP contribution in [-0.4, -0.2) is 32.5 Å². The van der Waals surface area contributed by atoms with Crippen molar-refractivity contribution < 1.29 is 27.8 Å². The second-order valence-electron chi connectivity index (χ2n) is 12.8. The summed E-state index contributed by atoms with van der Waals surface area (Å²) >= 11 is 0. The van der Waals surface area contributed by atoms with Gasteiger partial charge in [-0.05, 0) is 104 Å². The lowest BCUT2D eigenvalue weighted by molar-refractivity contribution is -0.131. The number of hydrogen-bond donors (Lipinski definition) is 2. The van der Waals surface area contributed by atoms with Crippen molar-refractivity contribution in [2.24, 2.45) is 11.7 Å². The molecule has 1 heterocycles. The summed E-state index contributed by atoms with van der Waals surface area (Å²) in [6.45, 7) is 11.9. The average molecular weight is 611 g/mol. The van der Waals surface area contributed by atoms with E-state index in [1.807, 2.05) is 0 Å². The Bertz CT molecular complexity index is 1380. The number of amides is 1. The van der Waals surface area contributed by atoms with E-state index in [-0.39, 0.29) is 28.6 Å². The number of carbonyl (C=O) groups is 1. The predicted octanol–water partition coefficient (Wildman–Crippen LogP) is 8.04. The van der Waals surface area contributed by atoms with Gasteiger partial charge in [-0.25, -0.2) is 8.78 Å². The van der Waals surface area contributed by atoms with Gasteiger partial charge in [0.1, 0.15) is 23.1 Å². The number of anilines is 1. The number of rotatable bonds is 13. The number of halogens is 2. The first-order valence-corrected chi connectivity index (χ1v) is 17.9. The fourth-order valence-corrected chi connectivity index (χ4v) is 6.53. The van der Waals surface area contributed by atoms with Crippen molar-refractivity contribution >= 4 is 19.9 Å². The fourth-order valence-electron chi connectivity index (χ4n) is 5.21. The van der Waals surface area contributed by atoms with Crippen LogP contribution >= 0.6 is 0 Å². The van der Waals surface area contributed by atoms with Crippen molar-refractivity contribution in [3.8, 4) is 11.5 Å². The molecule has 0 saturated carbocycles. The maximum Gasteiger partial charge on any atom is 0.233 e. The van der Waals surface area contributed by atoms with Gasteiger partial charge in [0.2, 0.25) is 5.91 Å². The normalized spacial score (nSPS) is 18.0. The number of nitrogens with zero attached hydrogens (tertiary/aromatic N) is 1. The van der Waals surface area contributed by atoms with E-state index in [4.69, 9.17) is 14.9 Å². The van der Waals surface area contributed by atoms with Crippen LogP contribution in [-0.2, 0) is 9.22 Å². The van der Waals surface area contributed by atoms with Crippen LogP contribution in [0.4, 0.5) is 14.5 Å². The monoisotopic (exact) mass is 610 g/mol. The third-order valence-corrected chi connectivity index (χ3v) is 13.2. The number of aromatic hydroxyl groups is 1. The molecule has 3 N–H and O–H groups in total. The Hall–Kier alpha value is -3.27. The molecule has 1 fully saturated rings. The highest BCUT2D eigenvalue weighted by Gasteiger charge is 2.50. The number of nitrogens with two attached hydrogens (primary N) is 1. The van der Waals surface area contributed by atoms with Gasteiger partial charge in [-0.15, -0.1) is 0 Å². The number of unbranched alkanes of at least 4 members (excludes halogenated alkanes) is 1. The molecule has 4 rings (SSSR count). The second kappa shape index (κ2) is 13.6. The van der Waals surface area contributed by atoms with Gasteiger partial charge in [-0.3, -0.25) is 4.79 Å². The molecule has 232 valence electrons. The first-order chi connectivity index (χ1) is 20.3. The minimum Gasteiger partial charge on any atom is -0.507 e. The van der Waals surface area contributed by atoms with Crippen molar-refractivity contribution in [3.63, 3.8) is 0 Å². The van der Waals surface area contributed by atoms with E-state index in [0.717, 1.165) is 18.4 Å². The summed E-state index contributed by atoms with van der Waals surface area (Å²) in [6.07, 6.45) is 2.34. The van der Waals surface area contributed by atoms with Crippen molar-refractivity contribution in [2.75, 3.05) is 18.1 Å². The van der Waals surface area contributed by atoms with Crippen molar-refractivity contribution in [1.82, 2.24) is 0 Å². The van der Waals surface area contributed by atoms with Crippen molar-refractivity contribution in [3.05, 3.63) is 89.5 Å². The van der Waals surface area contributed by atoms with E-state index >= 15 is 0 Å². The van der Waals surface area contributed by atoms with Gasteiger partial charge >= 0.3 is 0 Å². The highest BCUT2D eigenvalue weighted by molar-refractivity contribution is 6.74. The Morgan fingerprint density at radius 3 is 2.19 bits per heavy atom. The number of phenols is 1. The summed E-state index contributed by atoms with van der Waals surface area (Å²) in [4.78, 5) is 15.3. The minimum absolute atomic E-state index is 0.0264. The molecule has 1 aliphatic heterocycles. The summed E-state index contributed by atoms with van der Waals surface area (Å²) < 4.78 is 40.1. The first-order valence-electron chi connectivity index (χ1n) is 15.0. The van der Waals surface area contributed by atoms with Crippen molar-refractivity contribution in [1.29, 1.82) is 0 Å². The Morgan fingerprint density at radius 1 is 0.977 bits per heavy atom. The lowest BCUT2D eigenvalue weighted by Crippen LogP contribution is -2.55. The van der Waals surface area contributed by atoms with E-state index in [1.165, 1.54) is 24.3 Å². The zero-order valence-electron chi connectivity index (χ0n) is 25.8. The van der Waals surface area contributed by atoms with Gasteiger partial charge in [-0.1, -0.05) is 32.9 Å². The maximum atomic E-state index is 13.8. The number of ether oxygens (including phenoxy) is 1. The van der Waals surface area contributed by atoms with Gasteiger partial charge in [0, 0.05) is 17.3 Å². The largest absolute Gasteiger partial charge is 0.507 e. The molecule has 43 heavy (non-hydrogen) atoms. The molecular formula is C34H44F2N2O4Si. The molecule has 3 atom stereocenters. The third kappa shape index (κ3) is 7.63. The number of benzene rings is 3. The smallest absolute Gasteiger partial charge is 0.233 e. The van der Waals surface area contributed by atoms with Gasteiger partial charge in [0.15, 0.2) is 8.32 Å². The summed E-state index contributed by atoms with van der Waals surface area (Å²) in [5, 5.41) is 11.1. The number of phenolic OH excluding ortho intramolecular Hbond substituents is 1. The molecule has 3 unspecified atom stereocenters. The molecule has 3 aromatic carbocycles. The molecular weight excluding hydrogens is 566 g/mol. The third-order valence-electron chi connectivity index (χ3n) is 8.73. The predicted molar refractivity (Wildman–Crippen MR) is 169 cm³/mol. The van der Waals surface area contributed by atoms with Crippen LogP contribution in [0.25, 0.3) is 0 Å². The van der Waals surface area contributed by atoms with Gasteiger partial charge in [0.05, 0.1) is 24.7 Å². The Labute approximate surface area is 254 Å². The Kier molecular flexibility index (Phi) is 10.3. The van der Waals surface area contributed by atoms with Crippen LogP contribution in [0.2, 0.25) is 18.1 Å². The fraction of sp³-hybridized carbons (Fsp3) is 0.441. The van der Waals surface area contributed by atoms with Gasteiger partial charge in [-0.2, -0.15) is 0 Å². The standard InChI is InChI=1S/C34H44F2N2O4Si/c1-34(2,3)43(4,5)42-31(23-8-10-24(35)11-9-23)19-18-29-32(38(33(29)40)26-14-12-25(36)13-15-26)28-17-16-27(22-30(28)39)41-21-7-6-20-37/h8-17,22,29,31-32,39H,6-7,18-21,37H2,1-5H3. The van der Waals surface area contributed by atoms with Gasteiger partial charge < -0.3 is 24.9 Å². The molecule has 1 amide bonds. The van der Waals surface area contributed by atoms with E-state index in [9.17, 15) is 18.7 Å². The Balaban J connectivity index is 1.61. The molecule has 0 aromatic heterocycles. The lowest BCUT2D eigenvalue weighted by atomic mass is 9.78. The average Bonchev–Trinajstić information content (AvgIpc) is 2.95. The SMILES string of the molecule is CC(C)(C)[Si](C)(C)OC(CCC1C(=O)N(c2ccc(F)cc2)C1c1ccc(OCCCCN)cc1O)c1ccc(F)cc1. The summed E-state index contributed by atoms with van der Waals surface area (Å²) in [5.41, 5.74) is 7.57. The summed E-state index contributed by atoms with van der Waals surface area (Å²) in [5.74, 6) is -0.706. The summed E-state index contributed by atoms with van der Waals surface area (Å²) in [6, 6.07) is 16.8. The summed E-state index contributed by atoms with van der Waals surface area (Å²) in [7, 11) is -2.22. The molecule has 0 aliphatic carbocycles. The first kappa shape index (κ1) is 32.6. The van der Waals surface area contributed by atoms with E-state index in [0.29, 0.717) is 43.0 Å². The van der Waals surface area contributed by atoms with Crippen LogP contribution < -0.4 is 15.4 Å². The highest BCUT2D eigenvalue weighted by atomic mass is 28.4. The van der Waals surface area contributed by atoms with E-state index in [1.54, 1.807) is 47.4 Å². The van der Waals surface area contributed by atoms with E-state index < -0.39 is 26.1 Å². The van der Waals surface area contributed by atoms with Crippen LogP contribution in [0.15, 0.2) is 66.7 Å². The molecule has 1 saturated heterocycles. The van der Waals surface area contributed by atoms with Crippen molar-refractivity contribution in [2.45, 2.75) is 76.7 Å². The number of hydrogen-bond acceptors (Lipinski definition) is 5. The van der Waals surface area contributed by atoms with E-state index in [2.05, 4.69) is 33.9 Å². The quantitative estimate of drug-likeness (QED) is 0.116. The van der Waals surface area contributed by atoms with Gasteiger partial charge in [0.25, 0.3) is 0 Å². The maximum absolute atomic E-state index is 13.8. The molecule has 0 bridgehead atoms. The number of carbonyl (C=O) groups excluding carboxylic acids is 1. The van der Waals surface area contributed by atoms with Crippen LogP contribution in [0.1, 0.15) is 69.7 Å². The van der Waals surface area contributed by atoms with Crippen LogP contribution in [0.3, 0.4) is 0 Å². The van der Waals surface area contributed by atoms with Crippen LogP contribution in [0.5, 0.6) is 11.5 Å². The number of β-lactam (4-membered cyclic amide) rings is 1. The topological polar surface area (TPSA) is 85.0 Å². The van der Waals surface area contributed by atoms with Crippen LogP contribution in [0, 0.1) is 17.6 Å². The lowest BCUT2D eigenvalue weighted by Gasteiger charge is -2.48. The Morgan fingerprint density at radius 2 is 1.60 bits per heavy atom. The molecule has 9 heteroatoms.